The maximum atomic E-state index is 13.4. The predicted octanol–water partition coefficient (Wildman–Crippen LogP) is 2.27. The van der Waals surface area contributed by atoms with Gasteiger partial charge in [0.15, 0.2) is 9.84 Å². The van der Waals surface area contributed by atoms with Gasteiger partial charge in [-0.25, -0.2) is 12.8 Å². The van der Waals surface area contributed by atoms with Gasteiger partial charge in [-0.2, -0.15) is 0 Å². The quantitative estimate of drug-likeness (QED) is 0.927. The summed E-state index contributed by atoms with van der Waals surface area (Å²) in [4.78, 5) is 0. The molecule has 3 nitrogen and oxygen atoms in total. The number of hydrogen-bond acceptors (Lipinski definition) is 3. The lowest BCUT2D eigenvalue weighted by molar-refractivity contribution is 0.267. The lowest BCUT2D eigenvalue weighted by atomic mass is 9.73. The Labute approximate surface area is 120 Å². The van der Waals surface area contributed by atoms with E-state index in [9.17, 15) is 12.8 Å². The van der Waals surface area contributed by atoms with Crippen LogP contribution in [0.15, 0.2) is 24.3 Å². The van der Waals surface area contributed by atoms with Gasteiger partial charge in [0.1, 0.15) is 5.82 Å². The topological polar surface area (TPSA) is 46.2 Å². The highest BCUT2D eigenvalue weighted by Crippen LogP contribution is 2.34. The molecule has 0 aromatic heterocycles. The Kier molecular flexibility index (Phi) is 3.95. The second kappa shape index (κ2) is 5.11. The largest absolute Gasteiger partial charge is 0.315 e. The van der Waals surface area contributed by atoms with Crippen molar-refractivity contribution in [2.24, 2.45) is 0 Å². The lowest BCUT2D eigenvalue weighted by Crippen LogP contribution is -2.57. The summed E-state index contributed by atoms with van der Waals surface area (Å²) in [6.07, 6.45) is 0.531. The molecule has 1 aliphatic rings. The molecule has 5 heteroatoms. The van der Waals surface area contributed by atoms with Crippen LogP contribution in [-0.4, -0.2) is 32.0 Å². The minimum Gasteiger partial charge on any atom is -0.315 e. The van der Waals surface area contributed by atoms with Crippen LogP contribution in [0.1, 0.15) is 32.8 Å². The van der Waals surface area contributed by atoms with Gasteiger partial charge < -0.3 is 5.32 Å². The summed E-state index contributed by atoms with van der Waals surface area (Å²) in [5.41, 5.74) is 0.640. The Morgan fingerprint density at radius 1 is 1.30 bits per heavy atom. The summed E-state index contributed by atoms with van der Waals surface area (Å²) in [7, 11) is -3.15. The van der Waals surface area contributed by atoms with Crippen molar-refractivity contribution < 1.29 is 12.8 Å². The second-order valence-electron chi connectivity index (χ2n) is 6.58. The summed E-state index contributed by atoms with van der Waals surface area (Å²) >= 11 is 0. The minimum atomic E-state index is -3.15. The van der Waals surface area contributed by atoms with E-state index in [1.807, 2.05) is 6.07 Å². The van der Waals surface area contributed by atoms with Crippen molar-refractivity contribution in [3.05, 3.63) is 35.6 Å². The van der Waals surface area contributed by atoms with Crippen molar-refractivity contribution in [2.75, 3.05) is 18.8 Å². The number of halogens is 1. The van der Waals surface area contributed by atoms with Gasteiger partial charge in [-0.3, -0.25) is 0 Å². The Bertz CT molecular complexity index is 586. The van der Waals surface area contributed by atoms with Crippen LogP contribution in [0.2, 0.25) is 0 Å². The molecule has 2 rings (SSSR count). The van der Waals surface area contributed by atoms with Gasteiger partial charge in [0.25, 0.3) is 0 Å². The Balaban J connectivity index is 2.18. The van der Waals surface area contributed by atoms with Crippen molar-refractivity contribution in [1.82, 2.24) is 5.32 Å². The van der Waals surface area contributed by atoms with Crippen LogP contribution in [0, 0.1) is 5.82 Å². The smallest absolute Gasteiger partial charge is 0.155 e. The zero-order valence-electron chi connectivity index (χ0n) is 12.2. The highest BCUT2D eigenvalue weighted by molar-refractivity contribution is 7.92. The molecule has 1 N–H and O–H groups in total. The third kappa shape index (κ3) is 2.88. The second-order valence-corrected chi connectivity index (χ2v) is 9.44. The van der Waals surface area contributed by atoms with E-state index in [1.165, 1.54) is 12.1 Å². The van der Waals surface area contributed by atoms with Crippen LogP contribution >= 0.6 is 0 Å². The molecule has 0 radical (unpaired) electrons. The van der Waals surface area contributed by atoms with Crippen LogP contribution in [0.5, 0.6) is 0 Å². The zero-order chi connectivity index (χ0) is 15.0. The van der Waals surface area contributed by atoms with Crippen LogP contribution in [0.3, 0.4) is 0 Å². The minimum absolute atomic E-state index is 0.134. The van der Waals surface area contributed by atoms with Gasteiger partial charge >= 0.3 is 0 Å². The highest BCUT2D eigenvalue weighted by Gasteiger charge is 2.41. The first-order valence-electron chi connectivity index (χ1n) is 6.85. The third-order valence-corrected chi connectivity index (χ3v) is 6.75. The molecule has 1 aromatic rings. The average molecular weight is 299 g/mol. The molecule has 1 aromatic carbocycles. The van der Waals surface area contributed by atoms with Gasteiger partial charge in [-0.15, -0.1) is 0 Å². The zero-order valence-corrected chi connectivity index (χ0v) is 13.1. The fourth-order valence-corrected chi connectivity index (χ4v) is 3.68. The molecular formula is C15H22FNO2S. The molecule has 0 bridgehead atoms. The third-order valence-electron chi connectivity index (χ3n) is 4.15. The molecule has 0 aliphatic carbocycles. The highest BCUT2D eigenvalue weighted by atomic mass is 32.2. The van der Waals surface area contributed by atoms with E-state index in [-0.39, 0.29) is 17.0 Å². The molecular weight excluding hydrogens is 277 g/mol. The molecule has 1 aliphatic heterocycles. The van der Waals surface area contributed by atoms with Crippen molar-refractivity contribution in [1.29, 1.82) is 0 Å². The SMILES string of the molecule is CC(C)(C)S(=O)(=O)CCC1(c2cccc(F)c2)CNC1. The van der Waals surface area contributed by atoms with Gasteiger partial charge in [-0.1, -0.05) is 12.1 Å². The van der Waals surface area contributed by atoms with Gasteiger partial charge in [0.2, 0.25) is 0 Å². The number of nitrogens with one attached hydrogen (secondary N) is 1. The monoisotopic (exact) mass is 299 g/mol. The van der Waals surface area contributed by atoms with E-state index in [0.717, 1.165) is 5.56 Å². The van der Waals surface area contributed by atoms with Crippen molar-refractivity contribution in [3.8, 4) is 0 Å². The number of hydrogen-bond donors (Lipinski definition) is 1. The van der Waals surface area contributed by atoms with Crippen LogP contribution in [0.4, 0.5) is 4.39 Å². The van der Waals surface area contributed by atoms with E-state index in [2.05, 4.69) is 5.32 Å². The Hall–Kier alpha value is -0.940. The van der Waals surface area contributed by atoms with Crippen molar-refractivity contribution in [3.63, 3.8) is 0 Å². The Morgan fingerprint density at radius 2 is 1.95 bits per heavy atom. The number of rotatable bonds is 4. The first-order valence-corrected chi connectivity index (χ1v) is 8.51. The van der Waals surface area contributed by atoms with Crippen LogP contribution < -0.4 is 5.32 Å². The van der Waals surface area contributed by atoms with E-state index in [1.54, 1.807) is 26.8 Å². The fraction of sp³-hybridized carbons (Fsp3) is 0.600. The molecule has 0 atom stereocenters. The molecule has 0 unspecified atom stereocenters. The molecule has 1 fully saturated rings. The summed E-state index contributed by atoms with van der Waals surface area (Å²) in [5.74, 6) is -0.137. The maximum Gasteiger partial charge on any atom is 0.155 e. The van der Waals surface area contributed by atoms with E-state index >= 15 is 0 Å². The van der Waals surface area contributed by atoms with Crippen LogP contribution in [0.25, 0.3) is 0 Å². The van der Waals surface area contributed by atoms with Gasteiger partial charge in [-0.05, 0) is 44.9 Å². The molecule has 112 valence electrons. The number of sulfone groups is 1. The average Bonchev–Trinajstić information content (AvgIpc) is 2.26. The van der Waals surface area contributed by atoms with Crippen molar-refractivity contribution in [2.45, 2.75) is 37.4 Å². The van der Waals surface area contributed by atoms with Crippen molar-refractivity contribution >= 4 is 9.84 Å². The van der Waals surface area contributed by atoms with Gasteiger partial charge in [0, 0.05) is 18.5 Å². The fourth-order valence-electron chi connectivity index (χ4n) is 2.41. The molecule has 1 saturated heterocycles. The summed E-state index contributed by atoms with van der Waals surface area (Å²) < 4.78 is 37.1. The maximum absolute atomic E-state index is 13.4. The molecule has 20 heavy (non-hydrogen) atoms. The molecule has 0 amide bonds. The first kappa shape index (κ1) is 15.4. The van der Waals surface area contributed by atoms with E-state index < -0.39 is 14.6 Å². The summed E-state index contributed by atoms with van der Waals surface area (Å²) in [6, 6.07) is 6.50. The van der Waals surface area contributed by atoms with E-state index in [0.29, 0.717) is 19.5 Å². The summed E-state index contributed by atoms with van der Waals surface area (Å²) in [5, 5.41) is 3.18. The standard InChI is InChI=1S/C15H22FNO2S/c1-14(2,3)20(18,19)8-7-15(10-17-11-15)12-5-4-6-13(16)9-12/h4-6,9,17H,7-8,10-11H2,1-3H3. The predicted molar refractivity (Wildman–Crippen MR) is 79.1 cm³/mol. The molecule has 0 spiro atoms. The molecule has 1 heterocycles. The van der Waals surface area contributed by atoms with E-state index in [4.69, 9.17) is 0 Å². The lowest BCUT2D eigenvalue weighted by Gasteiger charge is -2.43. The number of benzene rings is 1. The Morgan fingerprint density at radius 3 is 2.40 bits per heavy atom. The van der Waals surface area contributed by atoms with Crippen LogP contribution in [-0.2, 0) is 15.3 Å². The molecule has 0 saturated carbocycles. The summed E-state index contributed by atoms with van der Waals surface area (Å²) in [6.45, 7) is 6.56. The first-order chi connectivity index (χ1) is 9.16. The van der Waals surface area contributed by atoms with Gasteiger partial charge in [0.05, 0.1) is 10.5 Å². The normalized spacial score (nSPS) is 18.6.